The van der Waals surface area contributed by atoms with Gasteiger partial charge in [-0.05, 0) is 43.3 Å². The summed E-state index contributed by atoms with van der Waals surface area (Å²) in [5, 5.41) is 11.0. The second kappa shape index (κ2) is 8.88. The lowest BCUT2D eigenvalue weighted by Gasteiger charge is -2.32. The highest BCUT2D eigenvalue weighted by Crippen LogP contribution is 2.24. The van der Waals surface area contributed by atoms with Gasteiger partial charge in [-0.1, -0.05) is 18.2 Å². The SMILES string of the molecule is CCN(CC[N+](C)(C)c1ccccc1)c1ccc(N=Nc2nccs2)cc1. The van der Waals surface area contributed by atoms with Gasteiger partial charge in [0.2, 0.25) is 5.13 Å². The van der Waals surface area contributed by atoms with Crippen LogP contribution in [0.2, 0.25) is 0 Å². The molecule has 0 spiro atoms. The predicted octanol–water partition coefficient (Wildman–Crippen LogP) is 5.65. The lowest BCUT2D eigenvalue weighted by Crippen LogP contribution is -2.46. The van der Waals surface area contributed by atoms with Crippen LogP contribution in [0.15, 0.2) is 76.4 Å². The molecule has 0 unspecified atom stereocenters. The van der Waals surface area contributed by atoms with Crippen molar-refractivity contribution in [3.8, 4) is 0 Å². The van der Waals surface area contributed by atoms with Gasteiger partial charge in [0.25, 0.3) is 0 Å². The van der Waals surface area contributed by atoms with Crippen LogP contribution >= 0.6 is 11.3 Å². The molecule has 6 heteroatoms. The second-order valence-electron chi connectivity index (χ2n) is 6.85. The molecule has 0 aliphatic heterocycles. The minimum absolute atomic E-state index is 0.676. The van der Waals surface area contributed by atoms with Gasteiger partial charge in [0.05, 0.1) is 26.3 Å². The Hall–Kier alpha value is -2.57. The molecule has 3 aromatic rings. The Labute approximate surface area is 165 Å². The molecule has 0 saturated carbocycles. The van der Waals surface area contributed by atoms with Crippen LogP contribution in [0.1, 0.15) is 6.92 Å². The number of hydrogen-bond donors (Lipinski definition) is 0. The molecule has 0 aliphatic rings. The van der Waals surface area contributed by atoms with Gasteiger partial charge in [-0.25, -0.2) is 4.98 Å². The highest BCUT2D eigenvalue weighted by Gasteiger charge is 2.19. The molecule has 0 amide bonds. The minimum atomic E-state index is 0.676. The maximum absolute atomic E-state index is 4.25. The van der Waals surface area contributed by atoms with E-state index in [1.54, 1.807) is 6.20 Å². The zero-order valence-electron chi connectivity index (χ0n) is 16.1. The molecule has 0 radical (unpaired) electrons. The first-order valence-electron chi connectivity index (χ1n) is 9.13. The van der Waals surface area contributed by atoms with Crippen LogP contribution in [0.3, 0.4) is 0 Å². The first kappa shape index (κ1) is 19.2. The Morgan fingerprint density at radius 2 is 1.74 bits per heavy atom. The van der Waals surface area contributed by atoms with Crippen LogP contribution in [0.5, 0.6) is 0 Å². The van der Waals surface area contributed by atoms with E-state index >= 15 is 0 Å². The van der Waals surface area contributed by atoms with E-state index in [4.69, 9.17) is 0 Å². The number of azo groups is 1. The number of thiazole rings is 1. The van der Waals surface area contributed by atoms with Gasteiger partial charge >= 0.3 is 0 Å². The molecule has 0 saturated heterocycles. The number of likely N-dealkylation sites (N-methyl/N-ethyl adjacent to an activating group) is 2. The van der Waals surface area contributed by atoms with E-state index in [-0.39, 0.29) is 0 Å². The lowest BCUT2D eigenvalue weighted by molar-refractivity contribution is 0.403. The van der Waals surface area contributed by atoms with Crippen molar-refractivity contribution in [3.05, 3.63) is 66.2 Å². The number of para-hydroxylation sites is 1. The van der Waals surface area contributed by atoms with Crippen LogP contribution in [-0.2, 0) is 0 Å². The summed E-state index contributed by atoms with van der Waals surface area (Å²) < 4.78 is 0.859. The first-order chi connectivity index (χ1) is 13.1. The number of nitrogens with zero attached hydrogens (tertiary/aromatic N) is 5. The number of quaternary nitrogens is 1. The Morgan fingerprint density at radius 1 is 1.00 bits per heavy atom. The van der Waals surface area contributed by atoms with Crippen LogP contribution < -0.4 is 9.38 Å². The van der Waals surface area contributed by atoms with Crippen LogP contribution in [0, 0.1) is 0 Å². The number of benzene rings is 2. The van der Waals surface area contributed by atoms with E-state index in [2.05, 4.69) is 83.6 Å². The summed E-state index contributed by atoms with van der Waals surface area (Å²) in [4.78, 5) is 6.50. The molecule has 1 heterocycles. The molecule has 0 aliphatic carbocycles. The third kappa shape index (κ3) is 5.21. The normalized spacial score (nSPS) is 11.8. The monoisotopic (exact) mass is 380 g/mol. The van der Waals surface area contributed by atoms with Crippen molar-refractivity contribution in [3.63, 3.8) is 0 Å². The summed E-state index contributed by atoms with van der Waals surface area (Å²) in [6.07, 6.45) is 1.73. The average molecular weight is 381 g/mol. The zero-order valence-corrected chi connectivity index (χ0v) is 16.9. The average Bonchev–Trinajstić information content (AvgIpc) is 3.22. The molecule has 0 bridgehead atoms. The molecule has 0 N–H and O–H groups in total. The molecular formula is C21H26N5S+. The minimum Gasteiger partial charge on any atom is -0.366 e. The zero-order chi connectivity index (χ0) is 19.1. The fourth-order valence-corrected chi connectivity index (χ4v) is 3.35. The second-order valence-corrected chi connectivity index (χ2v) is 7.73. The van der Waals surface area contributed by atoms with E-state index in [9.17, 15) is 0 Å². The van der Waals surface area contributed by atoms with E-state index < -0.39 is 0 Å². The fraction of sp³-hybridized carbons (Fsp3) is 0.286. The van der Waals surface area contributed by atoms with E-state index in [0.717, 1.165) is 29.8 Å². The summed E-state index contributed by atoms with van der Waals surface area (Å²) in [7, 11) is 4.51. The molecule has 3 rings (SSSR count). The van der Waals surface area contributed by atoms with Crippen molar-refractivity contribution in [2.45, 2.75) is 6.92 Å². The van der Waals surface area contributed by atoms with Gasteiger partial charge in [0.1, 0.15) is 12.2 Å². The summed E-state index contributed by atoms with van der Waals surface area (Å²) in [6, 6.07) is 18.9. The summed E-state index contributed by atoms with van der Waals surface area (Å²) in [6.45, 7) is 5.18. The number of hydrogen-bond acceptors (Lipinski definition) is 5. The fourth-order valence-electron chi connectivity index (χ4n) is 2.90. The molecule has 27 heavy (non-hydrogen) atoms. The maximum atomic E-state index is 4.25. The summed E-state index contributed by atoms with van der Waals surface area (Å²) in [5.74, 6) is 0. The molecule has 1 aromatic heterocycles. The van der Waals surface area contributed by atoms with Gasteiger partial charge in [0.15, 0.2) is 0 Å². The molecule has 2 aromatic carbocycles. The van der Waals surface area contributed by atoms with Gasteiger partial charge in [-0.3, -0.25) is 4.48 Å². The van der Waals surface area contributed by atoms with E-state index in [0.29, 0.717) is 5.13 Å². The third-order valence-electron chi connectivity index (χ3n) is 4.65. The summed E-state index contributed by atoms with van der Waals surface area (Å²) >= 11 is 1.48. The van der Waals surface area contributed by atoms with Gasteiger partial charge in [-0.2, -0.15) is 0 Å². The van der Waals surface area contributed by atoms with Crippen molar-refractivity contribution in [2.75, 3.05) is 38.6 Å². The lowest BCUT2D eigenvalue weighted by atomic mass is 10.2. The van der Waals surface area contributed by atoms with Crippen molar-refractivity contribution in [1.29, 1.82) is 0 Å². The molecule has 0 fully saturated rings. The molecule has 5 nitrogen and oxygen atoms in total. The van der Waals surface area contributed by atoms with Crippen molar-refractivity contribution < 1.29 is 0 Å². The number of rotatable bonds is 8. The standard InChI is InChI=1S/C21H26N5S/c1-4-25(15-16-26(2,3)20-8-6-5-7-9-20)19-12-10-18(11-13-19)23-24-21-22-14-17-27-21/h5-14,17H,4,15-16H2,1-3H3/q+1. The predicted molar refractivity (Wildman–Crippen MR) is 116 cm³/mol. The summed E-state index contributed by atoms with van der Waals surface area (Å²) in [5.41, 5.74) is 3.37. The van der Waals surface area contributed by atoms with E-state index in [1.807, 2.05) is 17.5 Å². The number of anilines is 1. The topological polar surface area (TPSA) is 40.9 Å². The Kier molecular flexibility index (Phi) is 6.32. The van der Waals surface area contributed by atoms with E-state index in [1.165, 1.54) is 22.7 Å². The Balaban J connectivity index is 1.63. The van der Waals surface area contributed by atoms with Crippen molar-refractivity contribution in [2.24, 2.45) is 10.2 Å². The molecule has 0 atom stereocenters. The van der Waals surface area contributed by atoms with Gasteiger partial charge in [-0.15, -0.1) is 21.6 Å². The first-order valence-corrected chi connectivity index (χ1v) is 10.0. The van der Waals surface area contributed by atoms with Crippen LogP contribution in [0.25, 0.3) is 0 Å². The molecular weight excluding hydrogens is 354 g/mol. The highest BCUT2D eigenvalue weighted by atomic mass is 32.1. The van der Waals surface area contributed by atoms with Crippen LogP contribution in [-0.4, -0.2) is 38.7 Å². The smallest absolute Gasteiger partial charge is 0.229 e. The Bertz CT molecular complexity index is 842. The highest BCUT2D eigenvalue weighted by molar-refractivity contribution is 7.13. The van der Waals surface area contributed by atoms with Crippen molar-refractivity contribution in [1.82, 2.24) is 9.47 Å². The largest absolute Gasteiger partial charge is 0.366 e. The molecule has 140 valence electrons. The van der Waals surface area contributed by atoms with Crippen LogP contribution in [0.4, 0.5) is 22.2 Å². The quantitative estimate of drug-likeness (QED) is 0.374. The van der Waals surface area contributed by atoms with Gasteiger partial charge < -0.3 is 4.90 Å². The number of aromatic nitrogens is 1. The Morgan fingerprint density at radius 3 is 2.37 bits per heavy atom. The van der Waals surface area contributed by atoms with Crippen molar-refractivity contribution >= 4 is 33.5 Å². The van der Waals surface area contributed by atoms with Gasteiger partial charge in [0, 0.05) is 23.8 Å². The maximum Gasteiger partial charge on any atom is 0.229 e. The third-order valence-corrected chi connectivity index (χ3v) is 5.31.